The highest BCUT2D eigenvalue weighted by Gasteiger charge is 2.12. The van der Waals surface area contributed by atoms with Gasteiger partial charge >= 0.3 is 0 Å². The second kappa shape index (κ2) is 7.45. The molecular weight excluding hydrogens is 232 g/mol. The molecule has 0 spiro atoms. The molecule has 0 fully saturated rings. The summed E-state index contributed by atoms with van der Waals surface area (Å²) in [7, 11) is 0. The molecule has 0 aliphatic rings. The molecule has 0 aliphatic carbocycles. The molecule has 1 aromatic heterocycles. The molecule has 0 atom stereocenters. The van der Waals surface area contributed by atoms with Crippen LogP contribution in [-0.4, -0.2) is 29.9 Å². The van der Waals surface area contributed by atoms with Crippen molar-refractivity contribution in [1.29, 1.82) is 0 Å². The molecule has 1 N–H and O–H groups in total. The Bertz CT molecular complexity index is 322. The summed E-state index contributed by atoms with van der Waals surface area (Å²) in [5.41, 5.74) is 0. The zero-order valence-electron chi connectivity index (χ0n) is 10.9. The molecular formula is C13H22N2OS. The largest absolute Gasteiger partial charge is 0.338 e. The predicted octanol–water partition coefficient (Wildman–Crippen LogP) is 2.48. The standard InChI is InChI=1S/C13H22N2OS/c1-4-15(10-12-6-5-9-17-12)13(16)7-8-14-11(2)3/h5-6,9,11,14H,4,7-8,10H2,1-3H3. The molecule has 4 heteroatoms. The summed E-state index contributed by atoms with van der Waals surface area (Å²) in [6.45, 7) is 8.49. The molecule has 0 radical (unpaired) electrons. The van der Waals surface area contributed by atoms with Crippen molar-refractivity contribution in [1.82, 2.24) is 10.2 Å². The highest BCUT2D eigenvalue weighted by atomic mass is 32.1. The van der Waals surface area contributed by atoms with Gasteiger partial charge in [-0.1, -0.05) is 19.9 Å². The van der Waals surface area contributed by atoms with Crippen molar-refractivity contribution in [3.8, 4) is 0 Å². The summed E-state index contributed by atoms with van der Waals surface area (Å²) >= 11 is 1.70. The number of rotatable bonds is 7. The van der Waals surface area contributed by atoms with Crippen molar-refractivity contribution in [2.45, 2.75) is 39.8 Å². The van der Waals surface area contributed by atoms with E-state index < -0.39 is 0 Å². The summed E-state index contributed by atoms with van der Waals surface area (Å²) in [5.74, 6) is 0.231. The van der Waals surface area contributed by atoms with Crippen LogP contribution in [-0.2, 0) is 11.3 Å². The molecule has 96 valence electrons. The van der Waals surface area contributed by atoms with E-state index in [-0.39, 0.29) is 5.91 Å². The number of thiophene rings is 1. The molecule has 1 rings (SSSR count). The van der Waals surface area contributed by atoms with E-state index in [0.29, 0.717) is 12.5 Å². The van der Waals surface area contributed by atoms with Crippen molar-refractivity contribution >= 4 is 17.2 Å². The summed E-state index contributed by atoms with van der Waals surface area (Å²) in [4.78, 5) is 15.1. The van der Waals surface area contributed by atoms with Crippen molar-refractivity contribution in [3.63, 3.8) is 0 Å². The Balaban J connectivity index is 2.36. The van der Waals surface area contributed by atoms with Gasteiger partial charge in [0.25, 0.3) is 0 Å². The molecule has 3 nitrogen and oxygen atoms in total. The first kappa shape index (κ1) is 14.2. The number of nitrogens with zero attached hydrogens (tertiary/aromatic N) is 1. The third-order valence-electron chi connectivity index (χ3n) is 2.55. The highest BCUT2D eigenvalue weighted by Crippen LogP contribution is 2.12. The number of carbonyl (C=O) groups is 1. The first-order valence-electron chi connectivity index (χ1n) is 6.17. The fourth-order valence-corrected chi connectivity index (χ4v) is 2.31. The van der Waals surface area contributed by atoms with Gasteiger partial charge < -0.3 is 10.2 Å². The minimum atomic E-state index is 0.231. The first-order chi connectivity index (χ1) is 8.13. The van der Waals surface area contributed by atoms with Crippen LogP contribution in [0.15, 0.2) is 17.5 Å². The van der Waals surface area contributed by atoms with Crippen molar-refractivity contribution < 1.29 is 4.79 Å². The van der Waals surface area contributed by atoms with Crippen LogP contribution in [0.5, 0.6) is 0 Å². The summed E-state index contributed by atoms with van der Waals surface area (Å²) in [5, 5.41) is 5.32. The van der Waals surface area contributed by atoms with Gasteiger partial charge in [-0.25, -0.2) is 0 Å². The number of nitrogens with one attached hydrogen (secondary N) is 1. The Hall–Kier alpha value is -0.870. The summed E-state index contributed by atoms with van der Waals surface area (Å²) < 4.78 is 0. The number of hydrogen-bond acceptors (Lipinski definition) is 3. The minimum Gasteiger partial charge on any atom is -0.338 e. The lowest BCUT2D eigenvalue weighted by Gasteiger charge is -2.20. The predicted molar refractivity (Wildman–Crippen MR) is 73.2 cm³/mol. The van der Waals surface area contributed by atoms with Gasteiger partial charge in [0.2, 0.25) is 5.91 Å². The third-order valence-corrected chi connectivity index (χ3v) is 3.41. The maximum Gasteiger partial charge on any atom is 0.224 e. The number of carbonyl (C=O) groups excluding carboxylic acids is 1. The number of hydrogen-bond donors (Lipinski definition) is 1. The fraction of sp³-hybridized carbons (Fsp3) is 0.615. The van der Waals surface area contributed by atoms with Crippen LogP contribution >= 0.6 is 11.3 Å². The SMILES string of the molecule is CCN(Cc1cccs1)C(=O)CCNC(C)C. The maximum absolute atomic E-state index is 12.0. The lowest BCUT2D eigenvalue weighted by Crippen LogP contribution is -2.33. The molecule has 1 heterocycles. The van der Waals surface area contributed by atoms with Gasteiger partial charge in [0.15, 0.2) is 0 Å². The Morgan fingerprint density at radius 1 is 1.53 bits per heavy atom. The Labute approximate surface area is 108 Å². The Morgan fingerprint density at radius 3 is 2.82 bits per heavy atom. The van der Waals surface area contributed by atoms with E-state index in [2.05, 4.69) is 25.2 Å². The average molecular weight is 254 g/mol. The summed E-state index contributed by atoms with van der Waals surface area (Å²) in [6, 6.07) is 4.54. The zero-order valence-corrected chi connectivity index (χ0v) is 11.7. The van der Waals surface area contributed by atoms with Crippen LogP contribution in [0, 0.1) is 0 Å². The molecule has 1 aromatic rings. The third kappa shape index (κ3) is 5.33. The highest BCUT2D eigenvalue weighted by molar-refractivity contribution is 7.09. The van der Waals surface area contributed by atoms with Crippen LogP contribution in [0.2, 0.25) is 0 Å². The fourth-order valence-electron chi connectivity index (χ4n) is 1.59. The van der Waals surface area contributed by atoms with E-state index in [1.807, 2.05) is 23.3 Å². The second-order valence-corrected chi connectivity index (χ2v) is 5.38. The van der Waals surface area contributed by atoms with Crippen molar-refractivity contribution in [2.24, 2.45) is 0 Å². The van der Waals surface area contributed by atoms with Crippen molar-refractivity contribution in [3.05, 3.63) is 22.4 Å². The normalized spacial score (nSPS) is 10.8. The lowest BCUT2D eigenvalue weighted by atomic mass is 10.3. The van der Waals surface area contributed by atoms with Crippen LogP contribution in [0.4, 0.5) is 0 Å². The van der Waals surface area contributed by atoms with Gasteiger partial charge in [0, 0.05) is 30.4 Å². The van der Waals surface area contributed by atoms with Crippen LogP contribution < -0.4 is 5.32 Å². The summed E-state index contributed by atoms with van der Waals surface area (Å²) in [6.07, 6.45) is 0.581. The lowest BCUT2D eigenvalue weighted by molar-refractivity contribution is -0.131. The van der Waals surface area contributed by atoms with E-state index in [4.69, 9.17) is 0 Å². The Morgan fingerprint density at radius 2 is 2.29 bits per heavy atom. The molecule has 0 aromatic carbocycles. The van der Waals surface area contributed by atoms with Crippen molar-refractivity contribution in [2.75, 3.05) is 13.1 Å². The smallest absolute Gasteiger partial charge is 0.224 e. The average Bonchev–Trinajstić information content (AvgIpc) is 2.77. The second-order valence-electron chi connectivity index (χ2n) is 4.35. The maximum atomic E-state index is 12.0. The van der Waals surface area contributed by atoms with Gasteiger partial charge in [0.1, 0.15) is 0 Å². The van der Waals surface area contributed by atoms with Gasteiger partial charge in [-0.15, -0.1) is 11.3 Å². The van der Waals surface area contributed by atoms with Gasteiger partial charge in [-0.05, 0) is 18.4 Å². The zero-order chi connectivity index (χ0) is 12.7. The van der Waals surface area contributed by atoms with E-state index in [0.717, 1.165) is 19.6 Å². The van der Waals surface area contributed by atoms with Gasteiger partial charge in [-0.3, -0.25) is 4.79 Å². The molecule has 0 saturated carbocycles. The number of amides is 1. The molecule has 0 aliphatic heterocycles. The molecule has 0 saturated heterocycles. The van der Waals surface area contributed by atoms with Crippen LogP contribution in [0.3, 0.4) is 0 Å². The van der Waals surface area contributed by atoms with Gasteiger partial charge in [0.05, 0.1) is 6.54 Å². The molecule has 17 heavy (non-hydrogen) atoms. The van der Waals surface area contributed by atoms with E-state index in [1.54, 1.807) is 11.3 Å². The van der Waals surface area contributed by atoms with E-state index >= 15 is 0 Å². The molecule has 1 amide bonds. The quantitative estimate of drug-likeness (QED) is 0.811. The Kier molecular flexibility index (Phi) is 6.22. The minimum absolute atomic E-state index is 0.231. The van der Waals surface area contributed by atoms with E-state index in [9.17, 15) is 4.79 Å². The van der Waals surface area contributed by atoms with Gasteiger partial charge in [-0.2, -0.15) is 0 Å². The first-order valence-corrected chi connectivity index (χ1v) is 7.05. The molecule has 0 unspecified atom stereocenters. The van der Waals surface area contributed by atoms with Crippen LogP contribution in [0.25, 0.3) is 0 Å². The topological polar surface area (TPSA) is 32.3 Å². The van der Waals surface area contributed by atoms with E-state index in [1.165, 1.54) is 4.88 Å². The molecule has 0 bridgehead atoms. The monoisotopic (exact) mass is 254 g/mol. The van der Waals surface area contributed by atoms with Crippen LogP contribution in [0.1, 0.15) is 32.1 Å².